The van der Waals surface area contributed by atoms with E-state index in [1.165, 1.54) is 12.1 Å². The van der Waals surface area contributed by atoms with E-state index in [9.17, 15) is 13.2 Å². The van der Waals surface area contributed by atoms with Gasteiger partial charge in [0.1, 0.15) is 0 Å². The van der Waals surface area contributed by atoms with Gasteiger partial charge in [0, 0.05) is 6.54 Å². The molecule has 1 rings (SSSR count). The molecule has 0 bridgehead atoms. The minimum absolute atomic E-state index is 0.183. The Hall–Kier alpha value is -1.40. The van der Waals surface area contributed by atoms with Crippen LogP contribution in [0, 0.1) is 0 Å². The van der Waals surface area contributed by atoms with Crippen molar-refractivity contribution >= 4 is 16.0 Å². The molecular weight excluding hydrogens is 278 g/mol. The predicted octanol–water partition coefficient (Wildman–Crippen LogP) is 2.38. The minimum atomic E-state index is -3.33. The average molecular weight is 299 g/mol. The first-order chi connectivity index (χ1) is 9.40. The fourth-order valence-corrected chi connectivity index (χ4v) is 3.56. The maximum absolute atomic E-state index is 12.1. The minimum Gasteiger partial charge on any atom is -0.478 e. The number of carboxylic acids is 1. The molecule has 0 aliphatic carbocycles. The fraction of sp³-hybridized carbons (Fsp3) is 0.500. The van der Waals surface area contributed by atoms with Crippen molar-refractivity contribution < 1.29 is 18.3 Å². The Morgan fingerprint density at radius 3 is 2.30 bits per heavy atom. The number of nitrogens with one attached hydrogen (secondary N) is 1. The molecule has 112 valence electrons. The molecule has 0 aromatic heterocycles. The number of benzene rings is 1. The van der Waals surface area contributed by atoms with E-state index >= 15 is 0 Å². The van der Waals surface area contributed by atoms with Crippen molar-refractivity contribution in [1.29, 1.82) is 0 Å². The second-order valence-corrected chi connectivity index (χ2v) is 6.73. The molecule has 1 unspecified atom stereocenters. The zero-order valence-corrected chi connectivity index (χ0v) is 12.6. The molecule has 0 radical (unpaired) electrons. The second-order valence-electron chi connectivity index (χ2n) is 4.69. The third-order valence-corrected chi connectivity index (χ3v) is 5.18. The lowest BCUT2D eigenvalue weighted by molar-refractivity contribution is 0.0697. The Bertz CT molecular complexity index is 537. The van der Waals surface area contributed by atoms with Gasteiger partial charge in [-0.2, -0.15) is 0 Å². The van der Waals surface area contributed by atoms with Gasteiger partial charge < -0.3 is 5.11 Å². The lowest BCUT2D eigenvalue weighted by Crippen LogP contribution is -2.33. The van der Waals surface area contributed by atoms with Crippen molar-refractivity contribution in [2.24, 2.45) is 0 Å². The van der Waals surface area contributed by atoms with Gasteiger partial charge in [-0.05, 0) is 30.5 Å². The molecule has 0 fully saturated rings. The van der Waals surface area contributed by atoms with Crippen molar-refractivity contribution in [1.82, 2.24) is 4.72 Å². The van der Waals surface area contributed by atoms with Gasteiger partial charge in [-0.1, -0.05) is 32.4 Å². The van der Waals surface area contributed by atoms with Gasteiger partial charge in [-0.15, -0.1) is 0 Å². The maximum atomic E-state index is 12.1. The van der Waals surface area contributed by atoms with E-state index in [1.54, 1.807) is 12.1 Å². The van der Waals surface area contributed by atoms with Crippen LogP contribution in [0.1, 0.15) is 49.0 Å². The molecule has 0 saturated carbocycles. The smallest absolute Gasteiger partial charge is 0.335 e. The Balaban J connectivity index is 2.68. The van der Waals surface area contributed by atoms with E-state index in [0.29, 0.717) is 12.8 Å². The van der Waals surface area contributed by atoms with Crippen molar-refractivity contribution in [3.8, 4) is 0 Å². The highest BCUT2D eigenvalue weighted by atomic mass is 32.2. The highest BCUT2D eigenvalue weighted by molar-refractivity contribution is 7.90. The molecule has 1 aromatic rings. The first kappa shape index (κ1) is 16.7. The summed E-state index contributed by atoms with van der Waals surface area (Å²) in [5.74, 6) is -0.994. The third kappa shape index (κ3) is 4.61. The summed E-state index contributed by atoms with van der Waals surface area (Å²) in [6, 6.07) is 6.17. The normalized spacial score (nSPS) is 13.1. The van der Waals surface area contributed by atoms with Crippen molar-refractivity contribution in [3.05, 3.63) is 35.4 Å². The molecule has 0 heterocycles. The summed E-state index contributed by atoms with van der Waals surface area (Å²) in [5, 5.41) is 8.42. The number of rotatable bonds is 8. The van der Waals surface area contributed by atoms with Crippen LogP contribution < -0.4 is 4.72 Å². The average Bonchev–Trinajstić information content (AvgIpc) is 2.42. The summed E-state index contributed by atoms with van der Waals surface area (Å²) in [5.41, 5.74) is 0.930. The highest BCUT2D eigenvalue weighted by Crippen LogP contribution is 2.12. The van der Waals surface area contributed by atoms with Crippen LogP contribution in [-0.2, 0) is 16.6 Å². The zero-order chi connectivity index (χ0) is 15.2. The van der Waals surface area contributed by atoms with Crippen molar-refractivity contribution in [2.45, 2.75) is 44.9 Å². The zero-order valence-electron chi connectivity index (χ0n) is 11.8. The number of hydrogen-bond acceptors (Lipinski definition) is 3. The van der Waals surface area contributed by atoms with Crippen LogP contribution in [0.2, 0.25) is 0 Å². The Labute approximate surface area is 120 Å². The van der Waals surface area contributed by atoms with Gasteiger partial charge in [0.15, 0.2) is 0 Å². The largest absolute Gasteiger partial charge is 0.478 e. The van der Waals surface area contributed by atoms with Gasteiger partial charge in [-0.25, -0.2) is 17.9 Å². The van der Waals surface area contributed by atoms with Crippen LogP contribution in [-0.4, -0.2) is 24.7 Å². The summed E-state index contributed by atoms with van der Waals surface area (Å²) in [6.45, 7) is 4.01. The number of aromatic carboxylic acids is 1. The van der Waals surface area contributed by atoms with E-state index in [-0.39, 0.29) is 17.4 Å². The van der Waals surface area contributed by atoms with E-state index in [4.69, 9.17) is 5.11 Å². The molecule has 0 saturated heterocycles. The van der Waals surface area contributed by atoms with E-state index in [2.05, 4.69) is 4.72 Å². The van der Waals surface area contributed by atoms with Gasteiger partial charge in [0.25, 0.3) is 0 Å². The van der Waals surface area contributed by atoms with Crippen LogP contribution in [0.25, 0.3) is 0 Å². The fourth-order valence-electron chi connectivity index (χ4n) is 1.97. The number of hydrogen-bond donors (Lipinski definition) is 2. The Morgan fingerprint density at radius 1 is 1.25 bits per heavy atom. The predicted molar refractivity (Wildman–Crippen MR) is 78.1 cm³/mol. The van der Waals surface area contributed by atoms with Gasteiger partial charge in [0.2, 0.25) is 10.0 Å². The molecule has 1 atom stereocenters. The first-order valence-electron chi connectivity index (χ1n) is 6.71. The number of carbonyl (C=O) groups is 1. The maximum Gasteiger partial charge on any atom is 0.335 e. The van der Waals surface area contributed by atoms with E-state index in [1.807, 2.05) is 13.8 Å². The summed E-state index contributed by atoms with van der Waals surface area (Å²) in [4.78, 5) is 10.7. The second kappa shape index (κ2) is 7.40. The number of carboxylic acid groups (broad SMARTS) is 1. The van der Waals surface area contributed by atoms with Crippen LogP contribution in [0.4, 0.5) is 0 Å². The van der Waals surface area contributed by atoms with Gasteiger partial charge in [0.05, 0.1) is 10.8 Å². The summed E-state index contributed by atoms with van der Waals surface area (Å²) >= 11 is 0. The van der Waals surface area contributed by atoms with E-state index < -0.39 is 16.0 Å². The molecule has 6 heteroatoms. The third-order valence-electron chi connectivity index (χ3n) is 3.18. The summed E-state index contributed by atoms with van der Waals surface area (Å²) in [7, 11) is -3.33. The molecular formula is C14H21NO4S. The molecule has 20 heavy (non-hydrogen) atoms. The van der Waals surface area contributed by atoms with Crippen LogP contribution in [0.15, 0.2) is 24.3 Å². The molecule has 5 nitrogen and oxygen atoms in total. The number of sulfonamides is 1. The SMILES string of the molecule is CCCC(CC)S(=O)(=O)NCc1ccc(C(=O)O)cc1. The quantitative estimate of drug-likeness (QED) is 0.772. The lowest BCUT2D eigenvalue weighted by Gasteiger charge is -2.15. The molecule has 1 aromatic carbocycles. The van der Waals surface area contributed by atoms with Crippen LogP contribution in [0.3, 0.4) is 0 Å². The van der Waals surface area contributed by atoms with E-state index in [0.717, 1.165) is 12.0 Å². The molecule has 2 N–H and O–H groups in total. The Morgan fingerprint density at radius 2 is 1.85 bits per heavy atom. The monoisotopic (exact) mass is 299 g/mol. The Kier molecular flexibility index (Phi) is 6.16. The lowest BCUT2D eigenvalue weighted by atomic mass is 10.1. The molecule has 0 amide bonds. The van der Waals surface area contributed by atoms with Crippen LogP contribution in [0.5, 0.6) is 0 Å². The molecule has 0 aliphatic rings. The van der Waals surface area contributed by atoms with Crippen LogP contribution >= 0.6 is 0 Å². The first-order valence-corrected chi connectivity index (χ1v) is 8.26. The summed E-state index contributed by atoms with van der Waals surface area (Å²) in [6.07, 6.45) is 2.05. The molecule has 0 aliphatic heterocycles. The molecule has 0 spiro atoms. The summed E-state index contributed by atoms with van der Waals surface area (Å²) < 4.78 is 26.8. The standard InChI is InChI=1S/C14H21NO4S/c1-3-5-13(4-2)20(18,19)15-10-11-6-8-12(9-7-11)14(16)17/h6-9,13,15H,3-5,10H2,1-2H3,(H,16,17). The van der Waals surface area contributed by atoms with Gasteiger partial charge >= 0.3 is 5.97 Å². The van der Waals surface area contributed by atoms with Crippen molar-refractivity contribution in [3.63, 3.8) is 0 Å². The van der Waals surface area contributed by atoms with Gasteiger partial charge in [-0.3, -0.25) is 0 Å². The van der Waals surface area contributed by atoms with Crippen molar-refractivity contribution in [2.75, 3.05) is 0 Å². The highest BCUT2D eigenvalue weighted by Gasteiger charge is 2.22. The topological polar surface area (TPSA) is 83.5 Å².